The lowest BCUT2D eigenvalue weighted by atomic mass is 9.82. The molecule has 2 atom stereocenters. The van der Waals surface area contributed by atoms with Gasteiger partial charge in [-0.1, -0.05) is 19.4 Å². The minimum atomic E-state index is -3.17. The lowest BCUT2D eigenvalue weighted by Crippen LogP contribution is -2.43. The fourth-order valence-corrected chi connectivity index (χ4v) is 4.01. The summed E-state index contributed by atoms with van der Waals surface area (Å²) in [6.07, 6.45) is 3.13. The Morgan fingerprint density at radius 1 is 1.39 bits per heavy atom. The van der Waals surface area contributed by atoms with Crippen LogP contribution in [0.15, 0.2) is 24.3 Å². The monoisotopic (exact) mass is 340 g/mol. The molecule has 2 unspecified atom stereocenters. The van der Waals surface area contributed by atoms with Crippen molar-refractivity contribution >= 4 is 21.6 Å². The van der Waals surface area contributed by atoms with E-state index in [0.717, 1.165) is 6.42 Å². The van der Waals surface area contributed by atoms with Crippen LogP contribution in [0, 0.1) is 11.8 Å². The number of hydrogen-bond donors (Lipinski definition) is 2. The maximum atomic E-state index is 12.2. The van der Waals surface area contributed by atoms with Gasteiger partial charge in [-0.2, -0.15) is 0 Å². The van der Waals surface area contributed by atoms with Gasteiger partial charge in [0.1, 0.15) is 5.75 Å². The maximum Gasteiger partial charge on any atom is 0.224 e. The van der Waals surface area contributed by atoms with Crippen LogP contribution >= 0.6 is 0 Å². The number of aromatic hydroxyl groups is 1. The number of phenolic OH excluding ortho intramolecular Hbond substituents is 1. The number of nitrogens with zero attached hydrogens (tertiary/aromatic N) is 1. The van der Waals surface area contributed by atoms with E-state index in [2.05, 4.69) is 5.32 Å². The van der Waals surface area contributed by atoms with Crippen molar-refractivity contribution in [3.05, 3.63) is 24.3 Å². The zero-order chi connectivity index (χ0) is 17.0. The van der Waals surface area contributed by atoms with E-state index in [1.165, 1.54) is 16.6 Å². The summed E-state index contributed by atoms with van der Waals surface area (Å²) in [4.78, 5) is 12.2. The molecule has 1 heterocycles. The van der Waals surface area contributed by atoms with Crippen LogP contribution in [-0.2, 0) is 14.8 Å². The van der Waals surface area contributed by atoms with Crippen LogP contribution in [0.3, 0.4) is 0 Å². The highest BCUT2D eigenvalue weighted by Crippen LogP contribution is 2.30. The summed E-state index contributed by atoms with van der Waals surface area (Å²) in [5.41, 5.74) is 0.566. The minimum Gasteiger partial charge on any atom is -0.508 e. The second-order valence-electron chi connectivity index (χ2n) is 6.14. The summed E-state index contributed by atoms with van der Waals surface area (Å²) in [5.74, 6) is 0.367. The molecule has 0 saturated carbocycles. The Balaban J connectivity index is 1.95. The van der Waals surface area contributed by atoms with Gasteiger partial charge >= 0.3 is 0 Å². The van der Waals surface area contributed by atoms with Crippen LogP contribution < -0.4 is 5.32 Å². The van der Waals surface area contributed by atoms with E-state index in [0.29, 0.717) is 31.6 Å². The average Bonchev–Trinajstić information content (AvgIpc) is 2.46. The number of benzene rings is 1. The highest BCUT2D eigenvalue weighted by Gasteiger charge is 2.33. The highest BCUT2D eigenvalue weighted by atomic mass is 32.2. The molecular weight excluding hydrogens is 316 g/mol. The van der Waals surface area contributed by atoms with E-state index >= 15 is 0 Å². The molecule has 0 spiro atoms. The third-order valence-electron chi connectivity index (χ3n) is 4.42. The Kier molecular flexibility index (Phi) is 5.64. The number of sulfonamides is 1. The molecule has 1 aliphatic rings. The van der Waals surface area contributed by atoms with Gasteiger partial charge in [0.05, 0.1) is 6.26 Å². The Morgan fingerprint density at radius 3 is 2.74 bits per heavy atom. The third kappa shape index (κ3) is 4.94. The van der Waals surface area contributed by atoms with Crippen molar-refractivity contribution in [3.8, 4) is 5.75 Å². The molecule has 0 aliphatic carbocycles. The SMILES string of the molecule is CCC1CN(S(C)(=O)=O)CCC1CC(=O)Nc1cccc(O)c1. The predicted octanol–water partition coefficient (Wildman–Crippen LogP) is 2.03. The van der Waals surface area contributed by atoms with Crippen LogP contribution in [0.1, 0.15) is 26.2 Å². The quantitative estimate of drug-likeness (QED) is 0.858. The number of hydrogen-bond acceptors (Lipinski definition) is 4. The minimum absolute atomic E-state index is 0.105. The van der Waals surface area contributed by atoms with Crippen LogP contribution in [0.25, 0.3) is 0 Å². The van der Waals surface area contributed by atoms with Crippen molar-refractivity contribution in [1.29, 1.82) is 0 Å². The van der Waals surface area contributed by atoms with Crippen LogP contribution in [0.4, 0.5) is 5.69 Å². The van der Waals surface area contributed by atoms with E-state index in [9.17, 15) is 18.3 Å². The number of phenols is 1. The molecule has 23 heavy (non-hydrogen) atoms. The number of anilines is 1. The summed E-state index contributed by atoms with van der Waals surface area (Å²) < 4.78 is 24.9. The molecule has 7 heteroatoms. The van der Waals surface area contributed by atoms with Gasteiger partial charge in [0.2, 0.25) is 15.9 Å². The first-order valence-corrected chi connectivity index (χ1v) is 9.68. The van der Waals surface area contributed by atoms with Crippen molar-refractivity contribution in [3.63, 3.8) is 0 Å². The average molecular weight is 340 g/mol. The molecule has 1 amide bonds. The summed E-state index contributed by atoms with van der Waals surface area (Å²) in [6.45, 7) is 2.98. The molecule has 1 aliphatic heterocycles. The van der Waals surface area contributed by atoms with Crippen molar-refractivity contribution in [1.82, 2.24) is 4.31 Å². The third-order valence-corrected chi connectivity index (χ3v) is 5.69. The summed E-state index contributed by atoms with van der Waals surface area (Å²) in [5, 5.41) is 12.2. The Morgan fingerprint density at radius 2 is 2.13 bits per heavy atom. The molecule has 2 N–H and O–H groups in total. The van der Waals surface area contributed by atoms with Crippen molar-refractivity contribution in [2.75, 3.05) is 24.7 Å². The molecule has 2 rings (SSSR count). The molecule has 6 nitrogen and oxygen atoms in total. The van der Waals surface area contributed by atoms with Gasteiger partial charge in [0.25, 0.3) is 0 Å². The molecule has 1 fully saturated rings. The summed E-state index contributed by atoms with van der Waals surface area (Å²) in [6, 6.07) is 6.44. The van der Waals surface area contributed by atoms with E-state index in [1.807, 2.05) is 6.92 Å². The second kappa shape index (κ2) is 7.31. The van der Waals surface area contributed by atoms with Gasteiger partial charge in [0, 0.05) is 31.3 Å². The number of carbonyl (C=O) groups is 1. The fourth-order valence-electron chi connectivity index (χ4n) is 3.11. The van der Waals surface area contributed by atoms with Crippen LogP contribution in [-0.4, -0.2) is 43.1 Å². The molecule has 1 aromatic rings. The van der Waals surface area contributed by atoms with Crippen molar-refractivity contribution in [2.24, 2.45) is 11.8 Å². The van der Waals surface area contributed by atoms with Crippen LogP contribution in [0.2, 0.25) is 0 Å². The number of piperidine rings is 1. The Labute approximate surface area is 137 Å². The number of nitrogens with one attached hydrogen (secondary N) is 1. The van der Waals surface area contributed by atoms with Crippen molar-refractivity contribution < 1.29 is 18.3 Å². The predicted molar refractivity (Wildman–Crippen MR) is 89.7 cm³/mol. The van der Waals surface area contributed by atoms with E-state index in [4.69, 9.17) is 0 Å². The number of carbonyl (C=O) groups excluding carboxylic acids is 1. The van der Waals surface area contributed by atoms with E-state index in [-0.39, 0.29) is 23.5 Å². The number of amides is 1. The van der Waals surface area contributed by atoms with Gasteiger partial charge in [-0.25, -0.2) is 12.7 Å². The molecular formula is C16H24N2O4S. The zero-order valence-corrected chi connectivity index (χ0v) is 14.3. The van der Waals surface area contributed by atoms with Crippen LogP contribution in [0.5, 0.6) is 5.75 Å². The molecule has 1 aromatic carbocycles. The summed E-state index contributed by atoms with van der Waals surface area (Å²) >= 11 is 0. The standard InChI is InChI=1S/C16H24N2O4S/c1-3-12-11-18(23(2,21)22)8-7-13(12)9-16(20)17-14-5-4-6-15(19)10-14/h4-6,10,12-13,19H,3,7-9,11H2,1-2H3,(H,17,20). The van der Waals surface area contributed by atoms with Gasteiger partial charge < -0.3 is 10.4 Å². The topological polar surface area (TPSA) is 86.7 Å². The van der Waals surface area contributed by atoms with Gasteiger partial charge in [0.15, 0.2) is 0 Å². The zero-order valence-electron chi connectivity index (χ0n) is 13.5. The van der Waals surface area contributed by atoms with Gasteiger partial charge in [-0.05, 0) is 30.4 Å². The first-order chi connectivity index (χ1) is 10.8. The summed E-state index contributed by atoms with van der Waals surface area (Å²) in [7, 11) is -3.17. The molecule has 0 radical (unpaired) electrons. The number of rotatable bonds is 5. The van der Waals surface area contributed by atoms with E-state index in [1.54, 1.807) is 18.2 Å². The second-order valence-corrected chi connectivity index (χ2v) is 8.12. The van der Waals surface area contributed by atoms with Gasteiger partial charge in [-0.3, -0.25) is 4.79 Å². The molecule has 128 valence electrons. The highest BCUT2D eigenvalue weighted by molar-refractivity contribution is 7.88. The first kappa shape index (κ1) is 17.7. The molecule has 0 bridgehead atoms. The van der Waals surface area contributed by atoms with Gasteiger partial charge in [-0.15, -0.1) is 0 Å². The Bertz CT molecular complexity index is 660. The molecule has 0 aromatic heterocycles. The largest absolute Gasteiger partial charge is 0.508 e. The van der Waals surface area contributed by atoms with Crippen molar-refractivity contribution in [2.45, 2.75) is 26.2 Å². The Hall–Kier alpha value is -1.60. The fraction of sp³-hybridized carbons (Fsp3) is 0.562. The maximum absolute atomic E-state index is 12.2. The molecule has 1 saturated heterocycles. The van der Waals surface area contributed by atoms with E-state index < -0.39 is 10.0 Å². The smallest absolute Gasteiger partial charge is 0.224 e. The first-order valence-electron chi connectivity index (χ1n) is 7.83. The normalized spacial score (nSPS) is 22.7. The lowest BCUT2D eigenvalue weighted by Gasteiger charge is -2.36. The lowest BCUT2D eigenvalue weighted by molar-refractivity contribution is -0.117.